The molecule has 1 unspecified atom stereocenters. The van der Waals surface area contributed by atoms with Crippen molar-refractivity contribution in [2.75, 3.05) is 12.3 Å². The van der Waals surface area contributed by atoms with Crippen LogP contribution in [0.1, 0.15) is 20.3 Å². The van der Waals surface area contributed by atoms with Crippen molar-refractivity contribution in [1.82, 2.24) is 4.72 Å². The molecule has 0 amide bonds. The summed E-state index contributed by atoms with van der Waals surface area (Å²) < 4.78 is 39.8. The van der Waals surface area contributed by atoms with Crippen molar-refractivity contribution in [3.8, 4) is 0 Å². The van der Waals surface area contributed by atoms with E-state index in [4.69, 9.17) is 5.73 Å². The fourth-order valence-corrected chi connectivity index (χ4v) is 2.91. The summed E-state index contributed by atoms with van der Waals surface area (Å²) in [7, 11) is -4.06. The van der Waals surface area contributed by atoms with Gasteiger partial charge in [-0.25, -0.2) is 17.5 Å². The summed E-state index contributed by atoms with van der Waals surface area (Å²) in [4.78, 5) is -0.518. The summed E-state index contributed by atoms with van der Waals surface area (Å²) in [6.45, 7) is 2.87. The number of rotatable bonds is 5. The van der Waals surface area contributed by atoms with E-state index in [1.54, 1.807) is 6.92 Å². The van der Waals surface area contributed by atoms with Crippen LogP contribution in [0.2, 0.25) is 0 Å². The summed E-state index contributed by atoms with van der Waals surface area (Å²) in [5, 5.41) is 9.17. The predicted molar refractivity (Wildman–Crippen MR) is 66.9 cm³/mol. The molecule has 0 spiro atoms. The molecule has 0 fully saturated rings. The van der Waals surface area contributed by atoms with Gasteiger partial charge in [0.25, 0.3) is 0 Å². The number of aliphatic hydroxyl groups excluding tert-OH is 1. The molecule has 0 aliphatic heterocycles. The number of hydrogen-bond donors (Lipinski definition) is 3. The van der Waals surface area contributed by atoms with Crippen molar-refractivity contribution in [1.29, 1.82) is 0 Å². The van der Waals surface area contributed by atoms with Crippen LogP contribution in [0.25, 0.3) is 0 Å². The number of nitrogens with two attached hydrogens (primary N) is 1. The Morgan fingerprint density at radius 1 is 1.50 bits per heavy atom. The van der Waals surface area contributed by atoms with Gasteiger partial charge in [0.1, 0.15) is 10.7 Å². The number of benzene rings is 1. The standard InChI is InChI=1S/C11H17FN2O3S/c1-3-11(2,7-15)14-18(16,17)10-6-8(13)4-5-9(10)12/h4-6,14-15H,3,7,13H2,1-2H3. The Bertz CT molecular complexity index is 527. The smallest absolute Gasteiger partial charge is 0.244 e. The molecule has 0 radical (unpaired) electrons. The van der Waals surface area contributed by atoms with E-state index in [2.05, 4.69) is 4.72 Å². The second-order valence-electron chi connectivity index (χ2n) is 4.37. The van der Waals surface area contributed by atoms with Crippen molar-refractivity contribution in [2.45, 2.75) is 30.7 Å². The van der Waals surface area contributed by atoms with Crippen LogP contribution in [-0.2, 0) is 10.0 Å². The third-order valence-electron chi connectivity index (χ3n) is 2.75. The first-order valence-electron chi connectivity index (χ1n) is 5.44. The SMILES string of the molecule is CCC(C)(CO)NS(=O)(=O)c1cc(N)ccc1F. The number of anilines is 1. The molecule has 7 heteroatoms. The molecule has 0 heterocycles. The Morgan fingerprint density at radius 3 is 2.61 bits per heavy atom. The van der Waals surface area contributed by atoms with Crippen molar-refractivity contribution < 1.29 is 17.9 Å². The van der Waals surface area contributed by atoms with Crippen LogP contribution in [0.5, 0.6) is 0 Å². The first-order chi connectivity index (χ1) is 8.24. The number of nitrogens with one attached hydrogen (secondary N) is 1. The van der Waals surface area contributed by atoms with Crippen LogP contribution in [0.4, 0.5) is 10.1 Å². The van der Waals surface area contributed by atoms with Gasteiger partial charge in [0.2, 0.25) is 10.0 Å². The minimum atomic E-state index is -4.06. The fraction of sp³-hybridized carbons (Fsp3) is 0.455. The van der Waals surface area contributed by atoms with Crippen LogP contribution >= 0.6 is 0 Å². The maximum Gasteiger partial charge on any atom is 0.244 e. The molecule has 1 aromatic rings. The molecule has 1 atom stereocenters. The summed E-state index contributed by atoms with van der Waals surface area (Å²) in [6, 6.07) is 3.32. The van der Waals surface area contributed by atoms with Gasteiger partial charge in [0, 0.05) is 5.69 Å². The van der Waals surface area contributed by atoms with E-state index in [1.807, 2.05) is 0 Å². The van der Waals surface area contributed by atoms with Crippen LogP contribution in [-0.4, -0.2) is 25.7 Å². The summed E-state index contributed by atoms with van der Waals surface area (Å²) in [5.74, 6) is -0.881. The van der Waals surface area contributed by atoms with Gasteiger partial charge < -0.3 is 10.8 Å². The van der Waals surface area contributed by atoms with Gasteiger partial charge >= 0.3 is 0 Å². The molecule has 0 aromatic heterocycles. The zero-order chi connectivity index (χ0) is 14.0. The van der Waals surface area contributed by atoms with E-state index < -0.39 is 26.3 Å². The Balaban J connectivity index is 3.18. The summed E-state index contributed by atoms with van der Waals surface area (Å²) in [6.07, 6.45) is 0.368. The Kier molecular flexibility index (Phi) is 4.31. The van der Waals surface area contributed by atoms with Gasteiger partial charge in [-0.3, -0.25) is 0 Å². The summed E-state index contributed by atoms with van der Waals surface area (Å²) >= 11 is 0. The molecule has 5 nitrogen and oxygen atoms in total. The number of hydrogen-bond acceptors (Lipinski definition) is 4. The second kappa shape index (κ2) is 5.21. The van der Waals surface area contributed by atoms with Crippen molar-refractivity contribution in [3.63, 3.8) is 0 Å². The van der Waals surface area contributed by atoms with E-state index in [9.17, 15) is 17.9 Å². The van der Waals surface area contributed by atoms with Crippen LogP contribution in [0.3, 0.4) is 0 Å². The van der Waals surface area contributed by atoms with Crippen molar-refractivity contribution in [2.24, 2.45) is 0 Å². The minimum Gasteiger partial charge on any atom is -0.399 e. The maximum atomic E-state index is 13.5. The maximum absolute atomic E-state index is 13.5. The first kappa shape index (κ1) is 14.9. The normalized spacial score (nSPS) is 15.3. The zero-order valence-corrected chi connectivity index (χ0v) is 11.1. The predicted octanol–water partition coefficient (Wildman–Crippen LogP) is 0.847. The molecular formula is C11H17FN2O3S. The average molecular weight is 276 g/mol. The van der Waals surface area contributed by atoms with Gasteiger partial charge in [-0.15, -0.1) is 0 Å². The molecule has 0 saturated carbocycles. The Hall–Kier alpha value is -1.18. The van der Waals surface area contributed by atoms with Gasteiger partial charge in [-0.1, -0.05) is 6.92 Å². The molecule has 0 aliphatic rings. The lowest BCUT2D eigenvalue weighted by Gasteiger charge is -2.26. The lowest BCUT2D eigenvalue weighted by atomic mass is 10.0. The fourth-order valence-electron chi connectivity index (χ4n) is 1.32. The van der Waals surface area contributed by atoms with Crippen LogP contribution in [0.15, 0.2) is 23.1 Å². The topological polar surface area (TPSA) is 92.4 Å². The monoisotopic (exact) mass is 276 g/mol. The van der Waals surface area contributed by atoms with Crippen LogP contribution in [0, 0.1) is 5.82 Å². The van der Waals surface area contributed by atoms with E-state index in [0.717, 1.165) is 12.1 Å². The third-order valence-corrected chi connectivity index (χ3v) is 4.41. The molecule has 1 aromatic carbocycles. The highest BCUT2D eigenvalue weighted by atomic mass is 32.2. The van der Waals surface area contributed by atoms with Gasteiger partial charge in [0.15, 0.2) is 0 Å². The number of sulfonamides is 1. The molecule has 0 bridgehead atoms. The Morgan fingerprint density at radius 2 is 2.11 bits per heavy atom. The van der Waals surface area contributed by atoms with E-state index in [-0.39, 0.29) is 12.3 Å². The molecule has 1 rings (SSSR count). The Labute approximate surface area is 106 Å². The minimum absolute atomic E-state index is 0.152. The third kappa shape index (κ3) is 3.18. The number of aliphatic hydroxyl groups is 1. The highest BCUT2D eigenvalue weighted by Gasteiger charge is 2.30. The van der Waals surface area contributed by atoms with E-state index >= 15 is 0 Å². The van der Waals surface area contributed by atoms with Crippen molar-refractivity contribution in [3.05, 3.63) is 24.0 Å². The molecular weight excluding hydrogens is 259 g/mol. The lowest BCUT2D eigenvalue weighted by Crippen LogP contribution is -2.48. The van der Waals surface area contributed by atoms with E-state index in [0.29, 0.717) is 6.42 Å². The molecule has 0 aliphatic carbocycles. The van der Waals surface area contributed by atoms with Crippen molar-refractivity contribution >= 4 is 15.7 Å². The number of halogens is 1. The molecule has 102 valence electrons. The van der Waals surface area contributed by atoms with Gasteiger partial charge in [-0.05, 0) is 31.5 Å². The van der Waals surface area contributed by atoms with Crippen LogP contribution < -0.4 is 10.5 Å². The molecule has 4 N–H and O–H groups in total. The second-order valence-corrected chi connectivity index (χ2v) is 6.02. The molecule has 18 heavy (non-hydrogen) atoms. The number of nitrogen functional groups attached to an aromatic ring is 1. The molecule has 0 saturated heterocycles. The largest absolute Gasteiger partial charge is 0.399 e. The quantitative estimate of drug-likeness (QED) is 0.695. The highest BCUT2D eigenvalue weighted by molar-refractivity contribution is 7.89. The van der Waals surface area contributed by atoms with Gasteiger partial charge in [0.05, 0.1) is 12.1 Å². The zero-order valence-electron chi connectivity index (χ0n) is 10.3. The van der Waals surface area contributed by atoms with E-state index in [1.165, 1.54) is 13.0 Å². The summed E-state index contributed by atoms with van der Waals surface area (Å²) in [5.41, 5.74) is 4.56. The highest BCUT2D eigenvalue weighted by Crippen LogP contribution is 2.20. The van der Waals surface area contributed by atoms with Gasteiger partial charge in [-0.2, -0.15) is 0 Å². The lowest BCUT2D eigenvalue weighted by molar-refractivity contribution is 0.191. The first-order valence-corrected chi connectivity index (χ1v) is 6.92. The average Bonchev–Trinajstić information content (AvgIpc) is 2.31.